The molecule has 9 nitrogen and oxygen atoms in total. The van der Waals surface area contributed by atoms with Gasteiger partial charge >= 0.3 is 0 Å². The highest BCUT2D eigenvalue weighted by atomic mass is 32.1. The van der Waals surface area contributed by atoms with Crippen LogP contribution in [0.1, 0.15) is 18.4 Å². The lowest BCUT2D eigenvalue weighted by Crippen LogP contribution is -2.23. The number of nitrogens with zero attached hydrogens (tertiary/aromatic N) is 7. The summed E-state index contributed by atoms with van der Waals surface area (Å²) in [5.74, 6) is -0.562. The molecule has 0 bridgehead atoms. The zero-order valence-corrected chi connectivity index (χ0v) is 17.2. The molecule has 0 fully saturated rings. The van der Waals surface area contributed by atoms with Crippen LogP contribution < -0.4 is 15.5 Å². The largest absolute Gasteiger partial charge is 0.368 e. The average molecular weight is 424 g/mol. The number of hydrogen-bond acceptors (Lipinski definition) is 9. The summed E-state index contributed by atoms with van der Waals surface area (Å²) in [7, 11) is 3.47. The Morgan fingerprint density at radius 3 is 2.60 bits per heavy atom. The van der Waals surface area contributed by atoms with Crippen molar-refractivity contribution >= 4 is 51.6 Å². The average Bonchev–Trinajstić information content (AvgIpc) is 3.15. The molecule has 0 atom stereocenters. The van der Waals surface area contributed by atoms with Gasteiger partial charge in [-0.15, -0.1) is 11.3 Å². The Morgan fingerprint density at radius 1 is 1.23 bits per heavy atom. The minimum atomic E-state index is -0.547. The summed E-state index contributed by atoms with van der Waals surface area (Å²) in [6.07, 6.45) is 1.47. The molecule has 0 aliphatic rings. The summed E-state index contributed by atoms with van der Waals surface area (Å²) in [6, 6.07) is 7.94. The van der Waals surface area contributed by atoms with Crippen LogP contribution in [0.5, 0.6) is 0 Å². The number of allylic oxidation sites excluding steroid dienone is 1. The molecule has 0 radical (unpaired) electrons. The van der Waals surface area contributed by atoms with Gasteiger partial charge in [-0.05, 0) is 18.2 Å². The first-order chi connectivity index (χ1) is 14.3. The van der Waals surface area contributed by atoms with Crippen LogP contribution in [0.2, 0.25) is 0 Å². The number of rotatable bonds is 5. The number of nitrogen functional groups attached to an aromatic ring is 1. The Hall–Kier alpha value is -3.91. The predicted molar refractivity (Wildman–Crippen MR) is 113 cm³/mol. The van der Waals surface area contributed by atoms with Gasteiger partial charge in [-0.25, -0.2) is 9.37 Å². The maximum Gasteiger partial charge on any atom is 0.230 e. The standard InChI is InChI=1S/C19H17FN8OS/c1-11(29)28(15-7-5-4-6-14(15)20)19-23-13(10-30-19)8-12(9-21)16-24-17(22)26-18(25-16)27(2)3/h4-8,10H,1-3H3,(H2,22,24,25,26)/b12-8+. The Balaban J connectivity index is 2.00. The van der Waals surface area contributed by atoms with E-state index in [0.29, 0.717) is 11.6 Å². The number of halogens is 1. The van der Waals surface area contributed by atoms with E-state index in [1.54, 1.807) is 30.4 Å². The van der Waals surface area contributed by atoms with Crippen LogP contribution >= 0.6 is 11.3 Å². The van der Waals surface area contributed by atoms with Crippen molar-refractivity contribution < 1.29 is 9.18 Å². The third-order valence-electron chi connectivity index (χ3n) is 3.80. The Kier molecular flexibility index (Phi) is 5.98. The third kappa shape index (κ3) is 4.39. The van der Waals surface area contributed by atoms with Gasteiger partial charge < -0.3 is 10.6 Å². The topological polar surface area (TPSA) is 125 Å². The second kappa shape index (κ2) is 8.62. The number of amides is 1. The van der Waals surface area contributed by atoms with Gasteiger partial charge in [0, 0.05) is 26.4 Å². The fraction of sp³-hybridized carbons (Fsp3) is 0.158. The van der Waals surface area contributed by atoms with Crippen LogP contribution in [0, 0.1) is 17.1 Å². The van der Waals surface area contributed by atoms with Crippen LogP contribution in [0.25, 0.3) is 11.6 Å². The number of carbonyl (C=O) groups excluding carboxylic acids is 1. The van der Waals surface area contributed by atoms with E-state index >= 15 is 0 Å². The predicted octanol–water partition coefficient (Wildman–Crippen LogP) is 2.86. The van der Waals surface area contributed by atoms with Gasteiger partial charge in [-0.3, -0.25) is 9.69 Å². The van der Waals surface area contributed by atoms with Crippen molar-refractivity contribution in [2.75, 3.05) is 29.6 Å². The third-order valence-corrected chi connectivity index (χ3v) is 4.65. The SMILES string of the molecule is CC(=O)N(c1nc(/C=C(\C#N)c2nc(N)nc(N(C)C)n2)cs1)c1ccccc1F. The highest BCUT2D eigenvalue weighted by Gasteiger charge is 2.21. The number of aromatic nitrogens is 4. The number of benzene rings is 1. The van der Waals surface area contributed by atoms with Gasteiger partial charge in [-0.1, -0.05) is 12.1 Å². The molecule has 2 N–H and O–H groups in total. The number of nitrogens with two attached hydrogens (primary N) is 1. The van der Waals surface area contributed by atoms with E-state index in [4.69, 9.17) is 5.73 Å². The van der Waals surface area contributed by atoms with Crippen LogP contribution in [0.15, 0.2) is 29.6 Å². The van der Waals surface area contributed by atoms with Crippen molar-refractivity contribution in [1.82, 2.24) is 19.9 Å². The first-order valence-corrected chi connectivity index (χ1v) is 9.50. The number of hydrogen-bond donors (Lipinski definition) is 1. The molecule has 0 aliphatic carbocycles. The molecular formula is C19H17FN8OS. The lowest BCUT2D eigenvalue weighted by Gasteiger charge is -2.18. The molecule has 0 unspecified atom stereocenters. The number of carbonyl (C=O) groups is 1. The molecule has 0 spiro atoms. The minimum Gasteiger partial charge on any atom is -0.368 e. The maximum absolute atomic E-state index is 14.2. The number of nitriles is 1. The molecule has 0 saturated carbocycles. The van der Waals surface area contributed by atoms with Gasteiger partial charge in [-0.2, -0.15) is 20.2 Å². The second-order valence-corrected chi connectivity index (χ2v) is 7.08. The van der Waals surface area contributed by atoms with E-state index in [-0.39, 0.29) is 28.2 Å². The fourth-order valence-electron chi connectivity index (χ4n) is 2.48. The van der Waals surface area contributed by atoms with E-state index < -0.39 is 11.7 Å². The highest BCUT2D eigenvalue weighted by molar-refractivity contribution is 7.14. The molecule has 0 saturated heterocycles. The van der Waals surface area contributed by atoms with E-state index in [0.717, 1.165) is 11.3 Å². The van der Waals surface area contributed by atoms with Gasteiger partial charge in [0.25, 0.3) is 0 Å². The van der Waals surface area contributed by atoms with Crippen molar-refractivity contribution in [2.45, 2.75) is 6.92 Å². The van der Waals surface area contributed by atoms with Crippen LogP contribution in [0.4, 0.5) is 27.1 Å². The molecule has 2 aromatic heterocycles. The van der Waals surface area contributed by atoms with Crippen LogP contribution in [-0.2, 0) is 4.79 Å². The van der Waals surface area contributed by atoms with Crippen molar-refractivity contribution in [3.05, 3.63) is 47.0 Å². The summed E-state index contributed by atoms with van der Waals surface area (Å²) < 4.78 is 14.2. The smallest absolute Gasteiger partial charge is 0.230 e. The lowest BCUT2D eigenvalue weighted by atomic mass is 10.2. The Bertz CT molecular complexity index is 1170. The highest BCUT2D eigenvalue weighted by Crippen LogP contribution is 2.31. The van der Waals surface area contributed by atoms with Crippen molar-refractivity contribution in [1.29, 1.82) is 5.26 Å². The summed E-state index contributed by atoms with van der Waals surface area (Å²) in [4.78, 5) is 31.6. The van der Waals surface area contributed by atoms with E-state index in [1.165, 1.54) is 36.1 Å². The second-order valence-electron chi connectivity index (χ2n) is 6.24. The zero-order chi connectivity index (χ0) is 21.8. The molecular weight excluding hydrogens is 407 g/mol. The molecule has 0 aliphatic heterocycles. The number of thiazole rings is 1. The summed E-state index contributed by atoms with van der Waals surface area (Å²) in [5, 5.41) is 11.5. The molecule has 1 amide bonds. The summed E-state index contributed by atoms with van der Waals surface area (Å²) in [5.41, 5.74) is 6.32. The monoisotopic (exact) mass is 424 g/mol. The first kappa shape index (κ1) is 20.8. The molecule has 1 aromatic carbocycles. The van der Waals surface area contributed by atoms with E-state index in [2.05, 4.69) is 19.9 Å². The number of anilines is 4. The molecule has 3 rings (SSSR count). The summed E-state index contributed by atoms with van der Waals surface area (Å²) >= 11 is 1.14. The maximum atomic E-state index is 14.2. The van der Waals surface area contributed by atoms with Gasteiger partial charge in [0.15, 0.2) is 11.0 Å². The van der Waals surface area contributed by atoms with Crippen molar-refractivity contribution in [3.63, 3.8) is 0 Å². The Morgan fingerprint density at radius 2 is 1.97 bits per heavy atom. The van der Waals surface area contributed by atoms with Gasteiger partial charge in [0.05, 0.1) is 17.0 Å². The quantitative estimate of drug-likeness (QED) is 0.620. The molecule has 152 valence electrons. The normalized spacial score (nSPS) is 11.1. The minimum absolute atomic E-state index is 0.0221. The molecule has 3 aromatic rings. The fourth-order valence-corrected chi connectivity index (χ4v) is 3.32. The Labute approximate surface area is 176 Å². The summed E-state index contributed by atoms with van der Waals surface area (Å²) in [6.45, 7) is 1.32. The van der Waals surface area contributed by atoms with Gasteiger partial charge in [0.2, 0.25) is 17.8 Å². The molecule has 2 heterocycles. The van der Waals surface area contributed by atoms with Crippen molar-refractivity contribution in [3.8, 4) is 6.07 Å². The van der Waals surface area contributed by atoms with E-state index in [1.807, 2.05) is 6.07 Å². The lowest BCUT2D eigenvalue weighted by molar-refractivity contribution is -0.115. The van der Waals surface area contributed by atoms with E-state index in [9.17, 15) is 14.4 Å². The first-order valence-electron chi connectivity index (χ1n) is 8.62. The zero-order valence-electron chi connectivity index (χ0n) is 16.4. The van der Waals surface area contributed by atoms with Crippen LogP contribution in [0.3, 0.4) is 0 Å². The number of para-hydroxylation sites is 1. The molecule has 30 heavy (non-hydrogen) atoms. The van der Waals surface area contributed by atoms with Crippen LogP contribution in [-0.4, -0.2) is 39.9 Å². The molecule has 11 heteroatoms. The van der Waals surface area contributed by atoms with Crippen molar-refractivity contribution in [2.24, 2.45) is 0 Å². The van der Waals surface area contributed by atoms with Gasteiger partial charge in [0.1, 0.15) is 11.9 Å².